The number of benzene rings is 3. The number of azo groups is 1. The molecule has 3 aromatic carbocycles. The minimum Gasteiger partial charge on any atom is -0.423 e. The molecule has 0 atom stereocenters. The predicted octanol–water partition coefficient (Wildman–Crippen LogP) is 8.99. The van der Waals surface area contributed by atoms with E-state index in [0.717, 1.165) is 11.6 Å². The molecule has 0 N–H and O–H groups in total. The third kappa shape index (κ3) is 7.25. The lowest BCUT2D eigenvalue weighted by molar-refractivity contribution is 0.0730. The number of ether oxygens (including phenoxy) is 1. The molecular weight excluding hydrogens is 465 g/mol. The minimum absolute atomic E-state index is 0.135. The Bertz CT molecular complexity index is 1200. The standard InChI is InChI=1S/C31H36FN3O2/c1-4-5-6-22-7-9-23(10-8-22)24-11-18-28(19-12-24)37-31(36)29-20-15-26(21-30(29)32)34-33-25-13-16-27(17-14-25)35(2)3/h11-23H,4-10H2,1-3H3. The average molecular weight is 502 g/mol. The van der Waals surface area contributed by atoms with Gasteiger partial charge in [-0.1, -0.05) is 38.3 Å². The molecule has 0 unspecified atom stereocenters. The van der Waals surface area contributed by atoms with Crippen LogP contribution < -0.4 is 9.64 Å². The molecule has 0 saturated heterocycles. The highest BCUT2D eigenvalue weighted by molar-refractivity contribution is 5.91. The fourth-order valence-corrected chi connectivity index (χ4v) is 4.91. The summed E-state index contributed by atoms with van der Waals surface area (Å²) in [6.07, 6.45) is 8.95. The summed E-state index contributed by atoms with van der Waals surface area (Å²) >= 11 is 0. The highest BCUT2D eigenvalue weighted by Crippen LogP contribution is 2.38. The number of nitrogens with zero attached hydrogens (tertiary/aromatic N) is 3. The summed E-state index contributed by atoms with van der Waals surface area (Å²) in [5, 5.41) is 8.24. The van der Waals surface area contributed by atoms with Crippen LogP contribution in [0.1, 0.15) is 73.7 Å². The van der Waals surface area contributed by atoms with E-state index in [1.165, 1.54) is 62.6 Å². The summed E-state index contributed by atoms with van der Waals surface area (Å²) in [4.78, 5) is 14.6. The first-order chi connectivity index (χ1) is 17.9. The van der Waals surface area contributed by atoms with E-state index < -0.39 is 11.8 Å². The second-order valence-electron chi connectivity index (χ2n) is 10.1. The van der Waals surface area contributed by atoms with Gasteiger partial charge < -0.3 is 9.64 Å². The molecule has 0 amide bonds. The normalized spacial score (nSPS) is 17.6. The van der Waals surface area contributed by atoms with E-state index in [9.17, 15) is 9.18 Å². The Hall–Kier alpha value is -3.54. The molecule has 0 aromatic heterocycles. The van der Waals surface area contributed by atoms with Crippen molar-refractivity contribution in [2.24, 2.45) is 16.1 Å². The lowest BCUT2D eigenvalue weighted by atomic mass is 9.77. The Morgan fingerprint density at radius 1 is 0.919 bits per heavy atom. The maximum Gasteiger partial charge on any atom is 0.346 e. The number of carbonyl (C=O) groups is 1. The third-order valence-corrected chi connectivity index (χ3v) is 7.19. The van der Waals surface area contributed by atoms with Crippen molar-refractivity contribution in [3.63, 3.8) is 0 Å². The van der Waals surface area contributed by atoms with E-state index in [0.29, 0.717) is 23.0 Å². The van der Waals surface area contributed by atoms with Crippen molar-refractivity contribution >= 4 is 23.0 Å². The van der Waals surface area contributed by atoms with Gasteiger partial charge in [0.25, 0.3) is 0 Å². The van der Waals surface area contributed by atoms with E-state index in [4.69, 9.17) is 4.74 Å². The van der Waals surface area contributed by atoms with E-state index >= 15 is 0 Å². The van der Waals surface area contributed by atoms with Gasteiger partial charge in [0, 0.05) is 25.8 Å². The second-order valence-corrected chi connectivity index (χ2v) is 10.1. The van der Waals surface area contributed by atoms with Gasteiger partial charge in [0.1, 0.15) is 11.6 Å². The molecule has 1 fully saturated rings. The molecule has 6 heteroatoms. The number of hydrogen-bond donors (Lipinski definition) is 0. The summed E-state index contributed by atoms with van der Waals surface area (Å²) in [6, 6.07) is 19.3. The van der Waals surface area contributed by atoms with E-state index in [1.54, 1.807) is 18.2 Å². The fourth-order valence-electron chi connectivity index (χ4n) is 4.91. The van der Waals surface area contributed by atoms with Crippen LogP contribution in [0.15, 0.2) is 77.0 Å². The molecule has 1 aliphatic rings. The fraction of sp³-hybridized carbons (Fsp3) is 0.387. The molecule has 1 aliphatic carbocycles. The largest absolute Gasteiger partial charge is 0.423 e. The first kappa shape index (κ1) is 26.5. The van der Waals surface area contributed by atoms with Gasteiger partial charge in [-0.15, -0.1) is 0 Å². The molecule has 1 saturated carbocycles. The highest BCUT2D eigenvalue weighted by atomic mass is 19.1. The smallest absolute Gasteiger partial charge is 0.346 e. The zero-order valence-electron chi connectivity index (χ0n) is 22.0. The van der Waals surface area contributed by atoms with Crippen molar-refractivity contribution < 1.29 is 13.9 Å². The summed E-state index contributed by atoms with van der Waals surface area (Å²) in [5.74, 6) is 0.418. The molecule has 0 heterocycles. The lowest BCUT2D eigenvalue weighted by Gasteiger charge is -2.28. The minimum atomic E-state index is -0.732. The Morgan fingerprint density at radius 2 is 1.57 bits per heavy atom. The number of halogens is 1. The monoisotopic (exact) mass is 501 g/mol. The maximum atomic E-state index is 14.7. The predicted molar refractivity (Wildman–Crippen MR) is 147 cm³/mol. The average Bonchev–Trinajstić information content (AvgIpc) is 2.91. The van der Waals surface area contributed by atoms with Crippen LogP contribution in [0.25, 0.3) is 0 Å². The van der Waals surface area contributed by atoms with Gasteiger partial charge in [0.05, 0.1) is 16.9 Å². The third-order valence-electron chi connectivity index (χ3n) is 7.19. The Balaban J connectivity index is 1.33. The quantitative estimate of drug-likeness (QED) is 0.167. The molecule has 5 nitrogen and oxygen atoms in total. The molecule has 0 radical (unpaired) electrons. The van der Waals surface area contributed by atoms with Crippen molar-refractivity contribution in [2.75, 3.05) is 19.0 Å². The van der Waals surface area contributed by atoms with Crippen molar-refractivity contribution in [1.29, 1.82) is 0 Å². The van der Waals surface area contributed by atoms with Gasteiger partial charge in [-0.05, 0) is 91.6 Å². The molecular formula is C31H36FN3O2. The molecule has 37 heavy (non-hydrogen) atoms. The topological polar surface area (TPSA) is 54.3 Å². The van der Waals surface area contributed by atoms with Crippen LogP contribution >= 0.6 is 0 Å². The van der Waals surface area contributed by atoms with E-state index in [-0.39, 0.29) is 5.56 Å². The van der Waals surface area contributed by atoms with Crippen LogP contribution in [0.2, 0.25) is 0 Å². The molecule has 3 aromatic rings. The second kappa shape index (κ2) is 12.6. The number of hydrogen-bond acceptors (Lipinski definition) is 5. The summed E-state index contributed by atoms with van der Waals surface area (Å²) in [6.45, 7) is 2.25. The maximum absolute atomic E-state index is 14.7. The van der Waals surface area contributed by atoms with Crippen LogP contribution in [0.4, 0.5) is 21.5 Å². The molecule has 0 spiro atoms. The zero-order chi connectivity index (χ0) is 26.2. The lowest BCUT2D eigenvalue weighted by Crippen LogP contribution is -2.13. The van der Waals surface area contributed by atoms with Crippen LogP contribution in [-0.2, 0) is 0 Å². The first-order valence-corrected chi connectivity index (χ1v) is 13.2. The van der Waals surface area contributed by atoms with Gasteiger partial charge in [0.15, 0.2) is 0 Å². The van der Waals surface area contributed by atoms with Crippen molar-refractivity contribution in [3.05, 3.63) is 83.7 Å². The number of unbranched alkanes of at least 4 members (excludes halogenated alkanes) is 1. The molecule has 194 valence electrons. The first-order valence-electron chi connectivity index (χ1n) is 13.2. The highest BCUT2D eigenvalue weighted by Gasteiger charge is 2.22. The molecule has 0 aliphatic heterocycles. The van der Waals surface area contributed by atoms with Gasteiger partial charge in [-0.3, -0.25) is 0 Å². The van der Waals surface area contributed by atoms with Crippen molar-refractivity contribution in [3.8, 4) is 5.75 Å². The number of anilines is 1. The van der Waals surface area contributed by atoms with Gasteiger partial charge in [0.2, 0.25) is 0 Å². The summed E-state index contributed by atoms with van der Waals surface area (Å²) in [5.41, 5.74) is 3.17. The van der Waals surface area contributed by atoms with Gasteiger partial charge in [-0.25, -0.2) is 9.18 Å². The van der Waals surface area contributed by atoms with E-state index in [2.05, 4.69) is 17.2 Å². The van der Waals surface area contributed by atoms with Crippen molar-refractivity contribution in [2.45, 2.75) is 57.8 Å². The van der Waals surface area contributed by atoms with Gasteiger partial charge in [-0.2, -0.15) is 10.2 Å². The SMILES string of the molecule is CCCCC1CCC(c2ccc(OC(=O)c3ccc(N=Nc4ccc(N(C)C)cc4)cc3F)cc2)CC1. The summed E-state index contributed by atoms with van der Waals surface area (Å²) in [7, 11) is 3.92. The molecule has 0 bridgehead atoms. The summed E-state index contributed by atoms with van der Waals surface area (Å²) < 4.78 is 20.1. The number of carbonyl (C=O) groups excluding carboxylic acids is 1. The molecule has 4 rings (SSSR count). The number of esters is 1. The zero-order valence-corrected chi connectivity index (χ0v) is 22.0. The van der Waals surface area contributed by atoms with E-state index in [1.807, 2.05) is 55.4 Å². The van der Waals surface area contributed by atoms with Crippen molar-refractivity contribution in [1.82, 2.24) is 0 Å². The van der Waals surface area contributed by atoms with Gasteiger partial charge >= 0.3 is 5.97 Å². The van der Waals surface area contributed by atoms with Crippen LogP contribution in [0, 0.1) is 11.7 Å². The Morgan fingerprint density at radius 3 is 2.19 bits per heavy atom. The van der Waals surface area contributed by atoms with Crippen LogP contribution in [-0.4, -0.2) is 20.1 Å². The van der Waals surface area contributed by atoms with Crippen LogP contribution in [0.5, 0.6) is 5.75 Å². The Kier molecular flexibility index (Phi) is 9.04. The Labute approximate surface area is 219 Å². The number of rotatable bonds is 9. The van der Waals surface area contributed by atoms with Crippen LogP contribution in [0.3, 0.4) is 0 Å².